The first-order valence-corrected chi connectivity index (χ1v) is 13.1. The number of fused-ring (bicyclic) bond motifs is 1. The van der Waals surface area contributed by atoms with Gasteiger partial charge in [-0.05, 0) is 78.9 Å². The molecule has 1 N–H and O–H groups in total. The summed E-state index contributed by atoms with van der Waals surface area (Å²) in [6, 6.07) is 8.66. The van der Waals surface area contributed by atoms with Crippen molar-refractivity contribution in [3.05, 3.63) is 64.2 Å². The average molecular weight is 560 g/mol. The highest BCUT2D eigenvalue weighted by atomic mass is 32.2. The van der Waals surface area contributed by atoms with E-state index in [1.807, 2.05) is 0 Å². The molecule has 5 rings (SSSR count). The van der Waals surface area contributed by atoms with Crippen LogP contribution in [0.4, 0.5) is 18.0 Å². The van der Waals surface area contributed by atoms with Crippen LogP contribution in [0.25, 0.3) is 17.0 Å². The molecule has 2 aromatic carbocycles. The van der Waals surface area contributed by atoms with Gasteiger partial charge in [-0.3, -0.25) is 24.0 Å². The van der Waals surface area contributed by atoms with Crippen molar-refractivity contribution in [3.63, 3.8) is 0 Å². The quantitative estimate of drug-likeness (QED) is 0.382. The maximum absolute atomic E-state index is 13.6. The number of nitrogens with zero attached hydrogens (tertiary/aromatic N) is 3. The van der Waals surface area contributed by atoms with E-state index in [-0.39, 0.29) is 34.0 Å². The zero-order valence-electron chi connectivity index (χ0n) is 20.8. The van der Waals surface area contributed by atoms with Gasteiger partial charge in [0.15, 0.2) is 0 Å². The average Bonchev–Trinajstić information content (AvgIpc) is 3.42. The number of methoxy groups -OCH3 is 1. The molecule has 8 nitrogen and oxygen atoms in total. The molecule has 2 amide bonds. The molecule has 2 aliphatic rings. The Balaban J connectivity index is 1.35. The number of carbonyl (C=O) groups is 3. The molecule has 1 saturated heterocycles. The highest BCUT2D eigenvalue weighted by molar-refractivity contribution is 8.18. The first kappa shape index (κ1) is 26.8. The molecule has 1 aromatic heterocycles. The number of alkyl halides is 3. The van der Waals surface area contributed by atoms with Crippen molar-refractivity contribution < 1.29 is 37.4 Å². The fraction of sp³-hybridized carbons (Fsp3) is 0.333. The maximum atomic E-state index is 13.6. The van der Waals surface area contributed by atoms with Gasteiger partial charge in [0.2, 0.25) is 0 Å². The molecule has 1 aliphatic carbocycles. The van der Waals surface area contributed by atoms with Gasteiger partial charge >= 0.3 is 12.1 Å². The Hall–Kier alpha value is -3.80. The number of hydrogen-bond acceptors (Lipinski definition) is 6. The van der Waals surface area contributed by atoms with Gasteiger partial charge in [-0.1, -0.05) is 12.1 Å². The summed E-state index contributed by atoms with van der Waals surface area (Å²) in [5.74, 6) is -1.60. The number of hydrogen-bond donors (Lipinski definition) is 1. The fourth-order valence-electron chi connectivity index (χ4n) is 5.09. The number of imide groups is 1. The van der Waals surface area contributed by atoms with Crippen molar-refractivity contribution in [2.24, 2.45) is 5.92 Å². The number of carboxylic acids is 1. The third kappa shape index (κ3) is 5.38. The highest BCUT2D eigenvalue weighted by Crippen LogP contribution is 2.39. The number of thioether (sulfide) groups is 1. The maximum Gasteiger partial charge on any atom is 0.416 e. The predicted molar refractivity (Wildman–Crippen MR) is 138 cm³/mol. The van der Waals surface area contributed by atoms with Crippen molar-refractivity contribution in [1.29, 1.82) is 0 Å². The monoisotopic (exact) mass is 559 g/mol. The summed E-state index contributed by atoms with van der Waals surface area (Å²) in [5.41, 5.74) is 0.500. The van der Waals surface area contributed by atoms with Gasteiger partial charge in [-0.25, -0.2) is 0 Å². The van der Waals surface area contributed by atoms with Crippen LogP contribution < -0.4 is 4.74 Å². The van der Waals surface area contributed by atoms with Gasteiger partial charge < -0.3 is 9.84 Å². The summed E-state index contributed by atoms with van der Waals surface area (Å²) < 4.78 is 47.3. The molecule has 12 heteroatoms. The highest BCUT2D eigenvalue weighted by Gasteiger charge is 2.41. The Morgan fingerprint density at radius 3 is 2.56 bits per heavy atom. The molecule has 204 valence electrons. The molecular formula is C27H24F3N3O5S. The Labute approximate surface area is 225 Å². The predicted octanol–water partition coefficient (Wildman–Crippen LogP) is 5.79. The van der Waals surface area contributed by atoms with Crippen LogP contribution in [0.3, 0.4) is 0 Å². The molecular weight excluding hydrogens is 535 g/mol. The van der Waals surface area contributed by atoms with E-state index in [1.54, 1.807) is 24.3 Å². The van der Waals surface area contributed by atoms with Gasteiger partial charge in [-0.2, -0.15) is 18.3 Å². The van der Waals surface area contributed by atoms with Crippen molar-refractivity contribution >= 4 is 45.9 Å². The largest absolute Gasteiger partial charge is 0.497 e. The van der Waals surface area contributed by atoms with E-state index in [2.05, 4.69) is 5.10 Å². The van der Waals surface area contributed by atoms with Crippen molar-refractivity contribution in [3.8, 4) is 5.75 Å². The molecule has 39 heavy (non-hydrogen) atoms. The second kappa shape index (κ2) is 10.4. The standard InChI is InChI=1S/C27H24F3N3O5S/c1-38-20-8-5-17(21(12-20)27(28,29)30)14-32-22-9-2-15(10-18(22)13-31-32)11-23-24(34)33(26(37)39-23)19-6-3-16(4-7-19)25(35)36/h2,5,8-13,16,19H,3-4,6-7,14H2,1H3,(H,35,36)/b23-11-. The van der Waals surface area contributed by atoms with Crippen LogP contribution in [-0.2, 0) is 22.3 Å². The van der Waals surface area contributed by atoms with Gasteiger partial charge in [-0.15, -0.1) is 0 Å². The number of rotatable bonds is 6. The molecule has 2 fully saturated rings. The smallest absolute Gasteiger partial charge is 0.416 e. The summed E-state index contributed by atoms with van der Waals surface area (Å²) in [6.07, 6.45) is 0.338. The summed E-state index contributed by atoms with van der Waals surface area (Å²) in [4.78, 5) is 38.4. The molecule has 0 spiro atoms. The van der Waals surface area contributed by atoms with Crippen molar-refractivity contribution in [2.45, 2.75) is 44.4 Å². The van der Waals surface area contributed by atoms with Crippen LogP contribution in [0, 0.1) is 5.92 Å². The molecule has 2 heterocycles. The number of carboxylic acid groups (broad SMARTS) is 1. The van der Waals surface area contributed by atoms with Crippen LogP contribution >= 0.6 is 11.8 Å². The second-order valence-corrected chi connectivity index (χ2v) is 10.5. The summed E-state index contributed by atoms with van der Waals surface area (Å²) >= 11 is 0.841. The second-order valence-electron chi connectivity index (χ2n) is 9.54. The molecule has 0 unspecified atom stereocenters. The minimum Gasteiger partial charge on any atom is -0.497 e. The van der Waals surface area contributed by atoms with E-state index in [0.29, 0.717) is 42.1 Å². The third-order valence-corrected chi connectivity index (χ3v) is 8.02. The van der Waals surface area contributed by atoms with Gasteiger partial charge in [0.25, 0.3) is 11.1 Å². The summed E-state index contributed by atoms with van der Waals surface area (Å²) in [7, 11) is 1.31. The van der Waals surface area contributed by atoms with Crippen molar-refractivity contribution in [2.75, 3.05) is 7.11 Å². The Bertz CT molecular complexity index is 1490. The van der Waals surface area contributed by atoms with E-state index >= 15 is 0 Å². The van der Waals surface area contributed by atoms with E-state index in [9.17, 15) is 32.7 Å². The van der Waals surface area contributed by atoms with Crippen LogP contribution in [-0.4, -0.2) is 50.1 Å². The van der Waals surface area contributed by atoms with E-state index in [4.69, 9.17) is 4.74 Å². The normalized spacial score (nSPS) is 21.2. The minimum atomic E-state index is -4.56. The van der Waals surface area contributed by atoms with E-state index in [0.717, 1.165) is 17.8 Å². The Morgan fingerprint density at radius 2 is 1.90 bits per heavy atom. The van der Waals surface area contributed by atoms with E-state index < -0.39 is 29.5 Å². The minimum absolute atomic E-state index is 0.0449. The Kier molecular flexibility index (Phi) is 7.15. The van der Waals surface area contributed by atoms with Gasteiger partial charge in [0, 0.05) is 11.4 Å². The molecule has 0 bridgehead atoms. The molecule has 1 aliphatic heterocycles. The number of halogens is 3. The number of benzene rings is 2. The lowest BCUT2D eigenvalue weighted by Gasteiger charge is -2.31. The third-order valence-electron chi connectivity index (χ3n) is 7.14. The number of ether oxygens (including phenoxy) is 1. The Morgan fingerprint density at radius 1 is 1.15 bits per heavy atom. The zero-order chi connectivity index (χ0) is 27.9. The number of aromatic nitrogens is 2. The number of amides is 2. The summed E-state index contributed by atoms with van der Waals surface area (Å²) in [6.45, 7) is -0.106. The number of carbonyl (C=O) groups excluding carboxylic acids is 2. The molecule has 3 aromatic rings. The lowest BCUT2D eigenvalue weighted by atomic mass is 9.85. The first-order valence-electron chi connectivity index (χ1n) is 12.2. The summed E-state index contributed by atoms with van der Waals surface area (Å²) in [5, 5.41) is 13.8. The van der Waals surface area contributed by atoms with Crippen molar-refractivity contribution in [1.82, 2.24) is 14.7 Å². The van der Waals surface area contributed by atoms with E-state index in [1.165, 1.54) is 35.0 Å². The lowest BCUT2D eigenvalue weighted by molar-refractivity contribution is -0.143. The van der Waals surface area contributed by atoms with Crippen LogP contribution in [0.5, 0.6) is 5.75 Å². The van der Waals surface area contributed by atoms with Crippen LogP contribution in [0.2, 0.25) is 0 Å². The first-order chi connectivity index (χ1) is 18.5. The molecule has 0 atom stereocenters. The topological polar surface area (TPSA) is 102 Å². The van der Waals surface area contributed by atoms with Crippen LogP contribution in [0.1, 0.15) is 42.4 Å². The zero-order valence-corrected chi connectivity index (χ0v) is 21.6. The number of aliphatic carboxylic acids is 1. The SMILES string of the molecule is COc1ccc(Cn2ncc3cc(/C=C4\SC(=O)N(C5CCC(C(=O)O)CC5)C4=O)ccc32)c(C(F)(F)F)c1. The molecule has 0 radical (unpaired) electrons. The van der Waals surface area contributed by atoms with Gasteiger partial charge in [0.1, 0.15) is 5.75 Å². The molecule has 1 saturated carbocycles. The van der Waals surface area contributed by atoms with Gasteiger partial charge in [0.05, 0.1) is 41.8 Å². The lowest BCUT2D eigenvalue weighted by Crippen LogP contribution is -2.41. The fourth-order valence-corrected chi connectivity index (χ4v) is 5.99. The van der Waals surface area contributed by atoms with Crippen LogP contribution in [0.15, 0.2) is 47.5 Å².